The summed E-state index contributed by atoms with van der Waals surface area (Å²) in [6.07, 6.45) is -4.71. The zero-order valence-electron chi connectivity index (χ0n) is 20.8. The maximum Gasteiger partial charge on any atom is 0.416 e. The predicted octanol–water partition coefficient (Wildman–Crippen LogP) is 4.78. The maximum absolute atomic E-state index is 13.5. The SMILES string of the molecule is COCCN(Cc1cccc(OS(=O)(=O)c2cccc(C(F)(F)F)c2)c1)C(=O)c1c(OC)cccc1OC. The molecule has 1 amide bonds. The molecule has 0 unspecified atom stereocenters. The molecular formula is C26H26F3NO7S. The fourth-order valence-electron chi connectivity index (χ4n) is 3.59. The maximum atomic E-state index is 13.5. The molecule has 0 saturated heterocycles. The molecule has 204 valence electrons. The topological polar surface area (TPSA) is 91.4 Å². The minimum Gasteiger partial charge on any atom is -0.496 e. The lowest BCUT2D eigenvalue weighted by molar-refractivity contribution is -0.137. The number of ether oxygens (including phenoxy) is 3. The molecule has 38 heavy (non-hydrogen) atoms. The fraction of sp³-hybridized carbons (Fsp3) is 0.269. The Hall–Kier alpha value is -3.77. The van der Waals surface area contributed by atoms with Gasteiger partial charge in [0, 0.05) is 20.2 Å². The zero-order chi connectivity index (χ0) is 27.9. The fourth-order valence-corrected chi connectivity index (χ4v) is 4.56. The van der Waals surface area contributed by atoms with Gasteiger partial charge in [0.25, 0.3) is 5.91 Å². The molecule has 0 aliphatic heterocycles. The number of nitrogens with zero attached hydrogens (tertiary/aromatic N) is 1. The van der Waals surface area contributed by atoms with Crippen LogP contribution in [0.25, 0.3) is 0 Å². The Balaban J connectivity index is 1.88. The van der Waals surface area contributed by atoms with Crippen molar-refractivity contribution in [2.75, 3.05) is 34.5 Å². The lowest BCUT2D eigenvalue weighted by Crippen LogP contribution is -2.34. The molecule has 0 N–H and O–H groups in total. The molecule has 0 atom stereocenters. The average Bonchev–Trinajstić information content (AvgIpc) is 2.89. The van der Waals surface area contributed by atoms with Crippen molar-refractivity contribution in [2.45, 2.75) is 17.6 Å². The Bertz CT molecular complexity index is 1350. The number of methoxy groups -OCH3 is 3. The lowest BCUT2D eigenvalue weighted by atomic mass is 10.1. The summed E-state index contributed by atoms with van der Waals surface area (Å²) in [6.45, 7) is 0.428. The Labute approximate surface area is 218 Å². The Morgan fingerprint density at radius 1 is 0.895 bits per heavy atom. The molecule has 0 saturated carbocycles. The highest BCUT2D eigenvalue weighted by atomic mass is 32.2. The van der Waals surface area contributed by atoms with Crippen LogP contribution in [0, 0.1) is 0 Å². The number of carbonyl (C=O) groups is 1. The summed E-state index contributed by atoms with van der Waals surface area (Å²) in [7, 11) is -0.226. The van der Waals surface area contributed by atoms with Crippen molar-refractivity contribution in [2.24, 2.45) is 0 Å². The van der Waals surface area contributed by atoms with E-state index in [0.717, 1.165) is 18.2 Å². The number of halogens is 3. The number of hydrogen-bond donors (Lipinski definition) is 0. The molecule has 0 bridgehead atoms. The van der Waals surface area contributed by atoms with Crippen molar-refractivity contribution < 1.29 is 44.8 Å². The van der Waals surface area contributed by atoms with Crippen LogP contribution in [0.3, 0.4) is 0 Å². The van der Waals surface area contributed by atoms with Crippen LogP contribution in [-0.4, -0.2) is 53.7 Å². The molecule has 0 heterocycles. The number of carbonyl (C=O) groups excluding carboxylic acids is 1. The van der Waals surface area contributed by atoms with Crippen LogP contribution in [0.1, 0.15) is 21.5 Å². The summed E-state index contributed by atoms with van der Waals surface area (Å²) in [6, 6.07) is 14.1. The lowest BCUT2D eigenvalue weighted by Gasteiger charge is -2.24. The average molecular weight is 554 g/mol. The molecule has 0 radical (unpaired) electrons. The third kappa shape index (κ3) is 6.95. The van der Waals surface area contributed by atoms with E-state index in [1.54, 1.807) is 24.3 Å². The van der Waals surface area contributed by atoms with E-state index in [4.69, 9.17) is 18.4 Å². The van der Waals surface area contributed by atoms with Crippen LogP contribution in [0.5, 0.6) is 17.2 Å². The van der Waals surface area contributed by atoms with Gasteiger partial charge in [-0.3, -0.25) is 4.79 Å². The van der Waals surface area contributed by atoms with Gasteiger partial charge < -0.3 is 23.3 Å². The smallest absolute Gasteiger partial charge is 0.416 e. The van der Waals surface area contributed by atoms with Crippen LogP contribution in [-0.2, 0) is 27.6 Å². The zero-order valence-corrected chi connectivity index (χ0v) is 21.6. The summed E-state index contributed by atoms with van der Waals surface area (Å²) in [5, 5.41) is 0. The van der Waals surface area contributed by atoms with E-state index in [9.17, 15) is 26.4 Å². The van der Waals surface area contributed by atoms with Crippen molar-refractivity contribution in [1.82, 2.24) is 4.90 Å². The van der Waals surface area contributed by atoms with E-state index < -0.39 is 32.7 Å². The number of rotatable bonds is 11. The van der Waals surface area contributed by atoms with Gasteiger partial charge in [0.2, 0.25) is 0 Å². The van der Waals surface area contributed by atoms with Gasteiger partial charge in [0.15, 0.2) is 0 Å². The molecule has 3 rings (SSSR count). The second-order valence-electron chi connectivity index (χ2n) is 7.97. The van der Waals surface area contributed by atoms with Crippen LogP contribution >= 0.6 is 0 Å². The first-order valence-corrected chi connectivity index (χ1v) is 12.6. The number of hydrogen-bond acceptors (Lipinski definition) is 7. The quantitative estimate of drug-likeness (QED) is 0.316. The first-order chi connectivity index (χ1) is 18.0. The second kappa shape index (κ2) is 12.2. The second-order valence-corrected chi connectivity index (χ2v) is 9.51. The van der Waals surface area contributed by atoms with Gasteiger partial charge in [-0.1, -0.05) is 24.3 Å². The molecule has 8 nitrogen and oxygen atoms in total. The molecule has 0 aliphatic rings. The van der Waals surface area contributed by atoms with Crippen molar-refractivity contribution in [3.8, 4) is 17.2 Å². The molecule has 0 aromatic heterocycles. The van der Waals surface area contributed by atoms with Crippen molar-refractivity contribution >= 4 is 16.0 Å². The molecule has 0 spiro atoms. The van der Waals surface area contributed by atoms with Crippen molar-refractivity contribution in [3.63, 3.8) is 0 Å². The van der Waals surface area contributed by atoms with Crippen LogP contribution in [0.4, 0.5) is 13.2 Å². The molecule has 0 fully saturated rings. The minimum atomic E-state index is -4.71. The summed E-state index contributed by atoms with van der Waals surface area (Å²) in [4.78, 5) is 14.3. The third-order valence-corrected chi connectivity index (χ3v) is 6.67. The van der Waals surface area contributed by atoms with Gasteiger partial charge in [-0.05, 0) is 48.0 Å². The molecule has 0 aliphatic carbocycles. The van der Waals surface area contributed by atoms with Crippen molar-refractivity contribution in [1.29, 1.82) is 0 Å². The van der Waals surface area contributed by atoms with Crippen LogP contribution in [0.15, 0.2) is 71.6 Å². The first kappa shape index (κ1) is 28.8. The van der Waals surface area contributed by atoms with Gasteiger partial charge >= 0.3 is 16.3 Å². The Morgan fingerprint density at radius 2 is 1.53 bits per heavy atom. The number of amides is 1. The van der Waals surface area contributed by atoms with E-state index in [1.807, 2.05) is 0 Å². The number of alkyl halides is 3. The summed E-state index contributed by atoms with van der Waals surface area (Å²) in [5.41, 5.74) is -0.414. The predicted molar refractivity (Wildman–Crippen MR) is 132 cm³/mol. The Morgan fingerprint density at radius 3 is 2.13 bits per heavy atom. The molecule has 3 aromatic rings. The first-order valence-electron chi connectivity index (χ1n) is 11.2. The largest absolute Gasteiger partial charge is 0.496 e. The van der Waals surface area contributed by atoms with Gasteiger partial charge in [-0.25, -0.2) is 0 Å². The van der Waals surface area contributed by atoms with Gasteiger partial charge in [0.05, 0.1) is 26.4 Å². The van der Waals surface area contributed by atoms with Crippen LogP contribution < -0.4 is 13.7 Å². The van der Waals surface area contributed by atoms with E-state index >= 15 is 0 Å². The summed E-state index contributed by atoms with van der Waals surface area (Å²) in [5.74, 6) is 0.0650. The van der Waals surface area contributed by atoms with E-state index in [-0.39, 0.29) is 31.0 Å². The highest BCUT2D eigenvalue weighted by molar-refractivity contribution is 7.87. The Kier molecular flexibility index (Phi) is 9.23. The number of benzene rings is 3. The minimum absolute atomic E-state index is 0.0319. The molecular weight excluding hydrogens is 527 g/mol. The summed E-state index contributed by atoms with van der Waals surface area (Å²) >= 11 is 0. The van der Waals surface area contributed by atoms with Crippen LogP contribution in [0.2, 0.25) is 0 Å². The third-order valence-electron chi connectivity index (χ3n) is 5.42. The highest BCUT2D eigenvalue weighted by Gasteiger charge is 2.32. The van der Waals surface area contributed by atoms with E-state index in [0.29, 0.717) is 23.1 Å². The van der Waals surface area contributed by atoms with Gasteiger partial charge in [-0.15, -0.1) is 0 Å². The standard InChI is InChI=1S/C26H26F3NO7S/c1-34-14-13-30(25(31)24-22(35-2)11-6-12-23(24)36-3)17-18-7-4-9-20(15-18)37-38(32,33)21-10-5-8-19(16-21)26(27,28)29/h4-12,15-16H,13-14,17H2,1-3H3. The summed E-state index contributed by atoms with van der Waals surface area (Å²) < 4.78 is 85.4. The molecule has 3 aromatic carbocycles. The highest BCUT2D eigenvalue weighted by Crippen LogP contribution is 2.32. The van der Waals surface area contributed by atoms with Gasteiger partial charge in [-0.2, -0.15) is 21.6 Å². The monoisotopic (exact) mass is 553 g/mol. The van der Waals surface area contributed by atoms with Crippen molar-refractivity contribution in [3.05, 3.63) is 83.4 Å². The van der Waals surface area contributed by atoms with Gasteiger partial charge in [0.1, 0.15) is 27.7 Å². The van der Waals surface area contributed by atoms with E-state index in [2.05, 4.69) is 0 Å². The molecule has 12 heteroatoms. The van der Waals surface area contributed by atoms with E-state index in [1.165, 1.54) is 44.4 Å². The normalized spacial score (nSPS) is 11.6.